The molecule has 0 bridgehead atoms. The second kappa shape index (κ2) is 7.61. The SMILES string of the molecule is COc1ccc(C(=O)c2c(-c3cccc4ccccc34)cn(-c3cnc[nH]3)c2C)cc1. The largest absolute Gasteiger partial charge is 0.497 e. The molecular formula is C26H21N3O2. The Morgan fingerprint density at radius 1 is 0.968 bits per heavy atom. The fraction of sp³-hybridized carbons (Fsp3) is 0.0769. The fourth-order valence-corrected chi connectivity index (χ4v) is 4.07. The minimum atomic E-state index is -0.0265. The Labute approximate surface area is 180 Å². The van der Waals surface area contributed by atoms with Gasteiger partial charge in [-0.05, 0) is 47.5 Å². The van der Waals surface area contributed by atoms with E-state index in [2.05, 4.69) is 34.2 Å². The molecule has 0 unspecified atom stereocenters. The highest BCUT2D eigenvalue weighted by Gasteiger charge is 2.23. The van der Waals surface area contributed by atoms with E-state index in [-0.39, 0.29) is 5.78 Å². The molecule has 1 N–H and O–H groups in total. The van der Waals surface area contributed by atoms with Crippen molar-refractivity contribution < 1.29 is 9.53 Å². The number of H-pyrrole nitrogens is 1. The van der Waals surface area contributed by atoms with Crippen molar-refractivity contribution >= 4 is 16.6 Å². The van der Waals surface area contributed by atoms with Gasteiger partial charge >= 0.3 is 0 Å². The number of fused-ring (bicyclic) bond motifs is 1. The number of ketones is 1. The molecule has 0 aliphatic heterocycles. The van der Waals surface area contributed by atoms with Gasteiger partial charge in [0.25, 0.3) is 0 Å². The summed E-state index contributed by atoms with van der Waals surface area (Å²) in [7, 11) is 1.62. The van der Waals surface area contributed by atoms with Crippen LogP contribution in [0.5, 0.6) is 5.75 Å². The van der Waals surface area contributed by atoms with Crippen molar-refractivity contribution in [2.24, 2.45) is 0 Å². The Bertz CT molecular complexity index is 1380. The van der Waals surface area contributed by atoms with Crippen LogP contribution in [0.2, 0.25) is 0 Å². The molecule has 0 fully saturated rings. The number of hydrogen-bond donors (Lipinski definition) is 1. The highest BCUT2D eigenvalue weighted by molar-refractivity contribution is 6.15. The van der Waals surface area contributed by atoms with Gasteiger partial charge in [0.1, 0.15) is 11.6 Å². The maximum Gasteiger partial charge on any atom is 0.195 e. The van der Waals surface area contributed by atoms with Gasteiger partial charge in [-0.1, -0.05) is 42.5 Å². The topological polar surface area (TPSA) is 59.9 Å². The molecule has 0 aliphatic carbocycles. The van der Waals surface area contributed by atoms with Gasteiger partial charge in [0, 0.05) is 23.0 Å². The van der Waals surface area contributed by atoms with Gasteiger partial charge in [0.05, 0.1) is 25.2 Å². The average molecular weight is 407 g/mol. The molecule has 2 heterocycles. The number of aromatic amines is 1. The number of ether oxygens (including phenoxy) is 1. The van der Waals surface area contributed by atoms with Gasteiger partial charge in [0.15, 0.2) is 5.78 Å². The number of methoxy groups -OCH3 is 1. The Hall–Kier alpha value is -4.12. The number of carbonyl (C=O) groups excluding carboxylic acids is 1. The molecule has 31 heavy (non-hydrogen) atoms. The molecule has 0 saturated heterocycles. The van der Waals surface area contributed by atoms with E-state index in [4.69, 9.17) is 4.74 Å². The normalized spacial score (nSPS) is 11.0. The second-order valence-electron chi connectivity index (χ2n) is 7.39. The van der Waals surface area contributed by atoms with Gasteiger partial charge in [-0.3, -0.25) is 4.79 Å². The number of nitrogens with zero attached hydrogens (tertiary/aromatic N) is 2. The maximum absolute atomic E-state index is 13.7. The maximum atomic E-state index is 13.7. The first-order chi connectivity index (χ1) is 15.2. The zero-order chi connectivity index (χ0) is 21.4. The Balaban J connectivity index is 1.75. The molecule has 3 aromatic carbocycles. The molecule has 0 radical (unpaired) electrons. The van der Waals surface area contributed by atoms with Crippen molar-refractivity contribution in [2.45, 2.75) is 6.92 Å². The van der Waals surface area contributed by atoms with Crippen molar-refractivity contribution in [3.8, 4) is 22.7 Å². The molecule has 5 heteroatoms. The highest BCUT2D eigenvalue weighted by atomic mass is 16.5. The van der Waals surface area contributed by atoms with Crippen molar-refractivity contribution in [3.63, 3.8) is 0 Å². The number of hydrogen-bond acceptors (Lipinski definition) is 3. The third kappa shape index (κ3) is 3.20. The first-order valence-electron chi connectivity index (χ1n) is 10.0. The summed E-state index contributed by atoms with van der Waals surface area (Å²) in [5, 5.41) is 2.24. The molecule has 0 aliphatic rings. The number of carbonyl (C=O) groups is 1. The summed E-state index contributed by atoms with van der Waals surface area (Å²) in [6.07, 6.45) is 5.40. The van der Waals surface area contributed by atoms with Crippen molar-refractivity contribution in [2.75, 3.05) is 7.11 Å². The summed E-state index contributed by atoms with van der Waals surface area (Å²) < 4.78 is 7.23. The Morgan fingerprint density at radius 2 is 1.74 bits per heavy atom. The lowest BCUT2D eigenvalue weighted by molar-refractivity contribution is 0.103. The third-order valence-electron chi connectivity index (χ3n) is 5.65. The molecule has 0 amide bonds. The monoisotopic (exact) mass is 407 g/mol. The van der Waals surface area contributed by atoms with Crippen LogP contribution in [0.4, 0.5) is 0 Å². The first kappa shape index (κ1) is 18.9. The van der Waals surface area contributed by atoms with Crippen LogP contribution >= 0.6 is 0 Å². The van der Waals surface area contributed by atoms with Gasteiger partial charge in [-0.2, -0.15) is 0 Å². The number of imidazole rings is 1. The van der Waals surface area contributed by atoms with Crippen molar-refractivity contribution in [3.05, 3.63) is 102 Å². The molecule has 5 aromatic rings. The zero-order valence-corrected chi connectivity index (χ0v) is 17.3. The summed E-state index contributed by atoms with van der Waals surface area (Å²) in [4.78, 5) is 21.0. The van der Waals surface area contributed by atoms with E-state index in [9.17, 15) is 4.79 Å². The van der Waals surface area contributed by atoms with Crippen molar-refractivity contribution in [1.29, 1.82) is 0 Å². The summed E-state index contributed by atoms with van der Waals surface area (Å²) in [6, 6.07) is 21.6. The van der Waals surface area contributed by atoms with Crippen LogP contribution in [-0.2, 0) is 0 Å². The van der Waals surface area contributed by atoms with E-state index in [1.807, 2.05) is 48.0 Å². The van der Waals surface area contributed by atoms with E-state index in [0.29, 0.717) is 11.1 Å². The first-order valence-corrected chi connectivity index (χ1v) is 10.0. The standard InChI is InChI=1S/C26H21N3O2/c1-17-25(26(30)19-10-12-20(31-2)13-11-19)23(15-29(17)24-14-27-16-28-24)22-9-5-7-18-6-3-4-8-21(18)22/h3-16H,1-2H3,(H,27,28). The third-order valence-corrected chi connectivity index (χ3v) is 5.65. The van der Waals surface area contributed by atoms with Crippen LogP contribution in [0.1, 0.15) is 21.6 Å². The molecule has 152 valence electrons. The highest BCUT2D eigenvalue weighted by Crippen LogP contribution is 2.36. The van der Waals surface area contributed by atoms with Crippen LogP contribution < -0.4 is 4.74 Å². The quantitative estimate of drug-likeness (QED) is 0.388. The number of rotatable bonds is 5. The van der Waals surface area contributed by atoms with Crippen LogP contribution in [-0.4, -0.2) is 27.4 Å². The van der Waals surface area contributed by atoms with Crippen LogP contribution in [0.15, 0.2) is 85.5 Å². The van der Waals surface area contributed by atoms with Crippen LogP contribution in [0.3, 0.4) is 0 Å². The molecule has 5 nitrogen and oxygen atoms in total. The zero-order valence-electron chi connectivity index (χ0n) is 17.3. The second-order valence-corrected chi connectivity index (χ2v) is 7.39. The summed E-state index contributed by atoms with van der Waals surface area (Å²) in [6.45, 7) is 1.96. The van der Waals surface area contributed by atoms with Gasteiger partial charge < -0.3 is 14.3 Å². The lowest BCUT2D eigenvalue weighted by Crippen LogP contribution is -2.05. The molecule has 0 atom stereocenters. The predicted octanol–water partition coefficient (Wildman–Crippen LogP) is 5.57. The van der Waals surface area contributed by atoms with E-state index < -0.39 is 0 Å². The molecule has 2 aromatic heterocycles. The van der Waals surface area contributed by atoms with E-state index in [0.717, 1.165) is 39.2 Å². The van der Waals surface area contributed by atoms with Gasteiger partial charge in [0.2, 0.25) is 0 Å². The molecule has 5 rings (SSSR count). The molecular weight excluding hydrogens is 386 g/mol. The van der Waals surface area contributed by atoms with E-state index in [1.54, 1.807) is 31.8 Å². The van der Waals surface area contributed by atoms with Crippen molar-refractivity contribution in [1.82, 2.24) is 14.5 Å². The summed E-state index contributed by atoms with van der Waals surface area (Å²) in [5.74, 6) is 1.51. The smallest absolute Gasteiger partial charge is 0.195 e. The average Bonchev–Trinajstić information content (AvgIpc) is 3.46. The minimum Gasteiger partial charge on any atom is -0.497 e. The lowest BCUT2D eigenvalue weighted by Gasteiger charge is -2.09. The van der Waals surface area contributed by atoms with E-state index >= 15 is 0 Å². The van der Waals surface area contributed by atoms with Gasteiger partial charge in [-0.15, -0.1) is 0 Å². The van der Waals surface area contributed by atoms with E-state index in [1.165, 1.54) is 0 Å². The number of benzene rings is 3. The van der Waals surface area contributed by atoms with Crippen LogP contribution in [0, 0.1) is 6.92 Å². The fourth-order valence-electron chi connectivity index (χ4n) is 4.07. The lowest BCUT2D eigenvalue weighted by atomic mass is 9.93. The molecule has 0 saturated carbocycles. The minimum absolute atomic E-state index is 0.0265. The number of nitrogens with one attached hydrogen (secondary N) is 1. The molecule has 0 spiro atoms. The summed E-state index contributed by atoms with van der Waals surface area (Å²) >= 11 is 0. The van der Waals surface area contributed by atoms with Crippen LogP contribution in [0.25, 0.3) is 27.7 Å². The van der Waals surface area contributed by atoms with Gasteiger partial charge in [-0.25, -0.2) is 4.98 Å². The predicted molar refractivity (Wildman–Crippen MR) is 122 cm³/mol. The Morgan fingerprint density at radius 3 is 2.48 bits per heavy atom. The summed E-state index contributed by atoms with van der Waals surface area (Å²) in [5.41, 5.74) is 4.07. The Kier molecular flexibility index (Phi) is 4.64. The number of aromatic nitrogens is 3.